The van der Waals surface area contributed by atoms with Gasteiger partial charge in [0.2, 0.25) is 0 Å². The predicted molar refractivity (Wildman–Crippen MR) is 46.6 cm³/mol. The van der Waals surface area contributed by atoms with Crippen molar-refractivity contribution in [3.63, 3.8) is 0 Å². The highest BCUT2D eigenvalue weighted by Gasteiger charge is 2.13. The van der Waals surface area contributed by atoms with Gasteiger partial charge in [0.25, 0.3) is 0 Å². The largest absolute Gasteiger partial charge is 0.476 e. The van der Waals surface area contributed by atoms with Crippen LogP contribution in [0.5, 0.6) is 0 Å². The SMILES string of the molecule is CN=C(C(=O)O)c1cnc(N)s1. The molecule has 5 nitrogen and oxygen atoms in total. The van der Waals surface area contributed by atoms with Crippen molar-refractivity contribution < 1.29 is 9.90 Å². The fraction of sp³-hybridized carbons (Fsp3) is 0.167. The molecule has 0 saturated carbocycles. The first kappa shape index (κ1) is 8.66. The number of thiazole rings is 1. The van der Waals surface area contributed by atoms with E-state index in [0.29, 0.717) is 10.0 Å². The molecule has 12 heavy (non-hydrogen) atoms. The summed E-state index contributed by atoms with van der Waals surface area (Å²) in [6.07, 6.45) is 1.40. The average Bonchev–Trinajstić information content (AvgIpc) is 2.37. The summed E-state index contributed by atoms with van der Waals surface area (Å²) >= 11 is 1.10. The van der Waals surface area contributed by atoms with Gasteiger partial charge in [0.05, 0.1) is 4.88 Å². The Morgan fingerprint density at radius 2 is 2.50 bits per heavy atom. The number of carboxylic acids is 1. The van der Waals surface area contributed by atoms with Crippen molar-refractivity contribution in [2.75, 3.05) is 12.8 Å². The minimum Gasteiger partial charge on any atom is -0.476 e. The Morgan fingerprint density at radius 1 is 1.83 bits per heavy atom. The number of nitrogens with zero attached hydrogens (tertiary/aromatic N) is 2. The Balaban J connectivity index is 3.04. The number of rotatable bonds is 2. The number of hydrogen-bond acceptors (Lipinski definition) is 5. The average molecular weight is 185 g/mol. The number of carboxylic acid groups (broad SMARTS) is 1. The third kappa shape index (κ3) is 1.59. The fourth-order valence-corrected chi connectivity index (χ4v) is 1.42. The van der Waals surface area contributed by atoms with Crippen LogP contribution in [0.3, 0.4) is 0 Å². The number of aromatic nitrogens is 1. The summed E-state index contributed by atoms with van der Waals surface area (Å²) in [6, 6.07) is 0. The van der Waals surface area contributed by atoms with Crippen molar-refractivity contribution in [1.29, 1.82) is 0 Å². The second-order valence-electron chi connectivity index (χ2n) is 1.94. The van der Waals surface area contributed by atoms with Gasteiger partial charge >= 0.3 is 5.97 Å². The molecule has 0 atom stereocenters. The summed E-state index contributed by atoms with van der Waals surface area (Å²) in [4.78, 5) is 18.3. The lowest BCUT2D eigenvalue weighted by Crippen LogP contribution is -2.12. The summed E-state index contributed by atoms with van der Waals surface area (Å²) in [5, 5.41) is 8.98. The van der Waals surface area contributed by atoms with Gasteiger partial charge in [-0.15, -0.1) is 0 Å². The van der Waals surface area contributed by atoms with E-state index in [1.807, 2.05) is 0 Å². The molecule has 0 aliphatic carbocycles. The van der Waals surface area contributed by atoms with Crippen molar-refractivity contribution in [2.24, 2.45) is 4.99 Å². The molecule has 6 heteroatoms. The van der Waals surface area contributed by atoms with Gasteiger partial charge in [-0.25, -0.2) is 9.78 Å². The van der Waals surface area contributed by atoms with Crippen LogP contribution in [0, 0.1) is 0 Å². The maximum Gasteiger partial charge on any atom is 0.355 e. The molecule has 0 aromatic carbocycles. The van der Waals surface area contributed by atoms with Gasteiger partial charge in [-0.3, -0.25) is 4.99 Å². The number of nitrogen functional groups attached to an aromatic ring is 1. The number of carbonyl (C=O) groups is 1. The van der Waals surface area contributed by atoms with E-state index in [1.54, 1.807) is 0 Å². The smallest absolute Gasteiger partial charge is 0.355 e. The van der Waals surface area contributed by atoms with Crippen molar-refractivity contribution in [3.05, 3.63) is 11.1 Å². The van der Waals surface area contributed by atoms with Crippen molar-refractivity contribution >= 4 is 28.1 Å². The van der Waals surface area contributed by atoms with Crippen LogP contribution in [0.1, 0.15) is 4.88 Å². The molecule has 0 aliphatic rings. The Kier molecular flexibility index (Phi) is 2.39. The normalized spacial score (nSPS) is 11.6. The summed E-state index contributed by atoms with van der Waals surface area (Å²) in [7, 11) is 1.42. The van der Waals surface area contributed by atoms with Crippen LogP contribution in [-0.2, 0) is 4.79 Å². The predicted octanol–water partition coefficient (Wildman–Crippen LogP) is 0.229. The molecule has 64 valence electrons. The van der Waals surface area contributed by atoms with Gasteiger partial charge < -0.3 is 10.8 Å². The number of aliphatic imine (C=N–C) groups is 1. The molecule has 1 rings (SSSR count). The Bertz CT molecular complexity index is 331. The molecule has 0 unspecified atom stereocenters. The van der Waals surface area contributed by atoms with Crippen LogP contribution in [0.25, 0.3) is 0 Å². The second-order valence-corrected chi connectivity index (χ2v) is 3.00. The number of hydrogen-bond donors (Lipinski definition) is 2. The van der Waals surface area contributed by atoms with Crippen LogP contribution in [0.4, 0.5) is 5.13 Å². The zero-order valence-corrected chi connectivity index (χ0v) is 7.13. The van der Waals surface area contributed by atoms with Crippen LogP contribution >= 0.6 is 11.3 Å². The van der Waals surface area contributed by atoms with E-state index >= 15 is 0 Å². The monoisotopic (exact) mass is 185 g/mol. The van der Waals surface area contributed by atoms with Gasteiger partial charge in [0, 0.05) is 13.2 Å². The van der Waals surface area contributed by atoms with Gasteiger partial charge in [0.1, 0.15) is 0 Å². The molecule has 0 amide bonds. The van der Waals surface area contributed by atoms with E-state index in [0.717, 1.165) is 11.3 Å². The topological polar surface area (TPSA) is 88.6 Å². The molecule has 0 radical (unpaired) electrons. The number of nitrogens with two attached hydrogens (primary N) is 1. The first-order valence-electron chi connectivity index (χ1n) is 3.07. The van der Waals surface area contributed by atoms with Gasteiger partial charge in [0.15, 0.2) is 10.8 Å². The second kappa shape index (κ2) is 3.31. The molecule has 1 aromatic heterocycles. The van der Waals surface area contributed by atoms with Gasteiger partial charge in [-0.2, -0.15) is 0 Å². The highest BCUT2D eigenvalue weighted by Crippen LogP contribution is 2.15. The summed E-state index contributed by atoms with van der Waals surface area (Å²) in [6.45, 7) is 0. The summed E-state index contributed by atoms with van der Waals surface area (Å²) in [5.41, 5.74) is 5.32. The minimum absolute atomic E-state index is 0.01000. The summed E-state index contributed by atoms with van der Waals surface area (Å²) in [5.74, 6) is -1.07. The molecule has 0 aliphatic heterocycles. The molecule has 0 spiro atoms. The van der Waals surface area contributed by atoms with Gasteiger partial charge in [-0.1, -0.05) is 11.3 Å². The lowest BCUT2D eigenvalue weighted by Gasteiger charge is -1.92. The first-order chi connectivity index (χ1) is 5.65. The zero-order valence-electron chi connectivity index (χ0n) is 6.31. The van der Waals surface area contributed by atoms with Gasteiger partial charge in [-0.05, 0) is 0 Å². The summed E-state index contributed by atoms with van der Waals surface area (Å²) < 4.78 is 0. The van der Waals surface area contributed by atoms with E-state index in [-0.39, 0.29) is 5.71 Å². The Hall–Kier alpha value is -1.43. The quantitative estimate of drug-likeness (QED) is 0.645. The molecular weight excluding hydrogens is 178 g/mol. The Morgan fingerprint density at radius 3 is 2.83 bits per heavy atom. The van der Waals surface area contributed by atoms with Crippen LogP contribution in [-0.4, -0.2) is 28.8 Å². The lowest BCUT2D eigenvalue weighted by atomic mass is 10.3. The maximum absolute atomic E-state index is 10.5. The standard InChI is InChI=1S/C6H7N3O2S/c1-8-4(5(10)11)3-2-9-6(7)12-3/h2H,1H3,(H2,7,9)(H,10,11). The highest BCUT2D eigenvalue weighted by molar-refractivity contribution is 7.18. The molecule has 3 N–H and O–H groups in total. The van der Waals surface area contributed by atoms with E-state index in [1.165, 1.54) is 13.2 Å². The van der Waals surface area contributed by atoms with Crippen LogP contribution < -0.4 is 5.73 Å². The van der Waals surface area contributed by atoms with Crippen LogP contribution in [0.15, 0.2) is 11.2 Å². The van der Waals surface area contributed by atoms with E-state index in [9.17, 15) is 4.79 Å². The van der Waals surface area contributed by atoms with Crippen LogP contribution in [0.2, 0.25) is 0 Å². The van der Waals surface area contributed by atoms with Crippen molar-refractivity contribution in [2.45, 2.75) is 0 Å². The third-order valence-electron chi connectivity index (χ3n) is 1.18. The molecule has 1 heterocycles. The molecule has 1 aromatic rings. The lowest BCUT2D eigenvalue weighted by molar-refractivity contribution is -0.129. The number of aliphatic carboxylic acids is 1. The van der Waals surface area contributed by atoms with E-state index < -0.39 is 5.97 Å². The Labute approximate surface area is 72.6 Å². The first-order valence-corrected chi connectivity index (χ1v) is 3.88. The molecule has 0 fully saturated rings. The van der Waals surface area contributed by atoms with E-state index in [2.05, 4.69) is 9.98 Å². The van der Waals surface area contributed by atoms with Crippen molar-refractivity contribution in [3.8, 4) is 0 Å². The van der Waals surface area contributed by atoms with Crippen molar-refractivity contribution in [1.82, 2.24) is 4.98 Å². The molecule has 0 bridgehead atoms. The highest BCUT2D eigenvalue weighted by atomic mass is 32.1. The third-order valence-corrected chi connectivity index (χ3v) is 2.02. The maximum atomic E-state index is 10.5. The fourth-order valence-electron chi connectivity index (χ4n) is 0.708. The number of anilines is 1. The molecular formula is C6H7N3O2S. The van der Waals surface area contributed by atoms with E-state index in [4.69, 9.17) is 10.8 Å². The minimum atomic E-state index is -1.07. The molecule has 0 saturated heterocycles. The zero-order chi connectivity index (χ0) is 9.14.